The topological polar surface area (TPSA) is 75.4 Å². The van der Waals surface area contributed by atoms with Crippen LogP contribution in [-0.4, -0.2) is 41.9 Å². The van der Waals surface area contributed by atoms with Crippen LogP contribution in [0.4, 0.5) is 0 Å². The van der Waals surface area contributed by atoms with Crippen LogP contribution in [0.5, 0.6) is 0 Å². The second-order valence-electron chi connectivity index (χ2n) is 5.37. The van der Waals surface area contributed by atoms with Crippen LogP contribution in [0.2, 0.25) is 0 Å². The number of hydrogen-bond acceptors (Lipinski definition) is 3. The van der Waals surface area contributed by atoms with Crippen molar-refractivity contribution in [3.05, 3.63) is 35.9 Å². The van der Waals surface area contributed by atoms with Gasteiger partial charge in [0.05, 0.1) is 12.6 Å². The second-order valence-corrected chi connectivity index (χ2v) is 5.37. The van der Waals surface area contributed by atoms with Crippen LogP contribution < -0.4 is 11.1 Å². The molecular formula is C16H25N3O2. The first kappa shape index (κ1) is 17.2. The Labute approximate surface area is 126 Å². The van der Waals surface area contributed by atoms with E-state index in [1.54, 1.807) is 0 Å². The van der Waals surface area contributed by atoms with Crippen LogP contribution in [0.1, 0.15) is 26.3 Å². The molecule has 0 aliphatic rings. The molecule has 1 rings (SSSR count). The number of likely N-dealkylation sites (N-methyl/N-ethyl adjacent to an activating group) is 1. The molecule has 5 nitrogen and oxygen atoms in total. The van der Waals surface area contributed by atoms with E-state index in [4.69, 9.17) is 5.73 Å². The van der Waals surface area contributed by atoms with E-state index in [9.17, 15) is 9.59 Å². The lowest BCUT2D eigenvalue weighted by atomic mass is 10.1. The van der Waals surface area contributed by atoms with Crippen molar-refractivity contribution in [2.24, 2.45) is 5.73 Å². The first-order valence-corrected chi connectivity index (χ1v) is 7.31. The maximum Gasteiger partial charge on any atom is 0.240 e. The zero-order chi connectivity index (χ0) is 15.8. The Bertz CT molecular complexity index is 460. The highest BCUT2D eigenvalue weighted by Crippen LogP contribution is 2.04. The molecule has 0 saturated heterocycles. The summed E-state index contributed by atoms with van der Waals surface area (Å²) in [7, 11) is 0. The molecule has 5 heteroatoms. The average Bonchev–Trinajstić information content (AvgIpc) is 2.44. The fraction of sp³-hybridized carbons (Fsp3) is 0.500. The number of nitrogens with zero attached hydrogens (tertiary/aromatic N) is 1. The van der Waals surface area contributed by atoms with E-state index in [1.165, 1.54) is 4.90 Å². The van der Waals surface area contributed by atoms with E-state index in [-0.39, 0.29) is 24.4 Å². The number of carbonyl (C=O) groups is 2. The first-order chi connectivity index (χ1) is 9.93. The average molecular weight is 291 g/mol. The Kier molecular flexibility index (Phi) is 6.88. The summed E-state index contributed by atoms with van der Waals surface area (Å²) in [5.74, 6) is -0.354. The fourth-order valence-electron chi connectivity index (χ4n) is 2.08. The lowest BCUT2D eigenvalue weighted by molar-refractivity contribution is -0.137. The Morgan fingerprint density at radius 3 is 2.38 bits per heavy atom. The van der Waals surface area contributed by atoms with Crippen molar-refractivity contribution in [2.45, 2.75) is 39.3 Å². The van der Waals surface area contributed by atoms with Gasteiger partial charge in [0.2, 0.25) is 11.8 Å². The van der Waals surface area contributed by atoms with Gasteiger partial charge in [0, 0.05) is 12.6 Å². The molecule has 0 saturated carbocycles. The van der Waals surface area contributed by atoms with Crippen LogP contribution in [0.15, 0.2) is 30.3 Å². The Hall–Kier alpha value is -1.88. The summed E-state index contributed by atoms with van der Waals surface area (Å²) in [4.78, 5) is 25.6. The van der Waals surface area contributed by atoms with Gasteiger partial charge < -0.3 is 16.0 Å². The molecule has 2 amide bonds. The molecular weight excluding hydrogens is 266 g/mol. The predicted molar refractivity (Wildman–Crippen MR) is 83.7 cm³/mol. The van der Waals surface area contributed by atoms with Gasteiger partial charge in [0.1, 0.15) is 0 Å². The summed E-state index contributed by atoms with van der Waals surface area (Å²) in [5.41, 5.74) is 6.99. The van der Waals surface area contributed by atoms with E-state index >= 15 is 0 Å². The smallest absolute Gasteiger partial charge is 0.240 e. The van der Waals surface area contributed by atoms with Crippen molar-refractivity contribution >= 4 is 11.8 Å². The normalized spacial score (nSPS) is 12.0. The Balaban J connectivity index is 2.59. The molecule has 3 N–H and O–H groups in total. The highest BCUT2D eigenvalue weighted by atomic mass is 16.2. The van der Waals surface area contributed by atoms with Crippen LogP contribution in [-0.2, 0) is 16.0 Å². The molecule has 21 heavy (non-hydrogen) atoms. The van der Waals surface area contributed by atoms with Crippen molar-refractivity contribution < 1.29 is 9.59 Å². The van der Waals surface area contributed by atoms with Crippen molar-refractivity contribution in [1.29, 1.82) is 0 Å². The molecule has 0 aliphatic heterocycles. The van der Waals surface area contributed by atoms with E-state index in [1.807, 2.05) is 51.1 Å². The van der Waals surface area contributed by atoms with Gasteiger partial charge in [0.15, 0.2) is 0 Å². The van der Waals surface area contributed by atoms with Crippen LogP contribution >= 0.6 is 0 Å². The largest absolute Gasteiger partial charge is 0.352 e. The summed E-state index contributed by atoms with van der Waals surface area (Å²) >= 11 is 0. The highest BCUT2D eigenvalue weighted by molar-refractivity contribution is 5.87. The molecule has 1 unspecified atom stereocenters. The fourth-order valence-corrected chi connectivity index (χ4v) is 2.08. The molecule has 0 heterocycles. The van der Waals surface area contributed by atoms with Crippen molar-refractivity contribution in [1.82, 2.24) is 10.2 Å². The van der Waals surface area contributed by atoms with Crippen LogP contribution in [0.3, 0.4) is 0 Å². The lowest BCUT2D eigenvalue weighted by Crippen LogP contribution is -2.49. The van der Waals surface area contributed by atoms with Gasteiger partial charge in [-0.25, -0.2) is 0 Å². The van der Waals surface area contributed by atoms with E-state index < -0.39 is 6.04 Å². The molecule has 0 aliphatic carbocycles. The van der Waals surface area contributed by atoms with Crippen LogP contribution in [0.25, 0.3) is 0 Å². The third-order valence-corrected chi connectivity index (χ3v) is 3.09. The quantitative estimate of drug-likeness (QED) is 0.784. The number of amides is 2. The van der Waals surface area contributed by atoms with E-state index in [2.05, 4.69) is 5.32 Å². The molecule has 1 aromatic rings. The third-order valence-electron chi connectivity index (χ3n) is 3.09. The summed E-state index contributed by atoms with van der Waals surface area (Å²) in [6.07, 6.45) is 0.474. The molecule has 1 aromatic carbocycles. The zero-order valence-corrected chi connectivity index (χ0v) is 13.0. The van der Waals surface area contributed by atoms with Gasteiger partial charge in [-0.2, -0.15) is 0 Å². The standard InChI is InChI=1S/C16H25N3O2/c1-4-19(11-15(20)18-12(2)3)16(21)14(17)10-13-8-6-5-7-9-13/h5-9,12,14H,4,10-11,17H2,1-3H3,(H,18,20). The summed E-state index contributed by atoms with van der Waals surface area (Å²) in [5, 5.41) is 2.78. The number of rotatable bonds is 7. The van der Waals surface area contributed by atoms with Gasteiger partial charge >= 0.3 is 0 Å². The minimum absolute atomic E-state index is 0.0516. The molecule has 0 spiro atoms. The summed E-state index contributed by atoms with van der Waals surface area (Å²) in [6, 6.07) is 9.07. The number of hydrogen-bond donors (Lipinski definition) is 2. The third kappa shape index (κ3) is 5.95. The molecule has 0 aromatic heterocycles. The minimum Gasteiger partial charge on any atom is -0.352 e. The Morgan fingerprint density at radius 1 is 1.24 bits per heavy atom. The minimum atomic E-state index is -0.626. The number of nitrogens with one attached hydrogen (secondary N) is 1. The molecule has 0 fully saturated rings. The maximum atomic E-state index is 12.3. The zero-order valence-electron chi connectivity index (χ0n) is 13.0. The summed E-state index contributed by atoms with van der Waals surface area (Å²) < 4.78 is 0. The molecule has 0 radical (unpaired) electrons. The van der Waals surface area contributed by atoms with Gasteiger partial charge in [-0.05, 0) is 32.8 Å². The maximum absolute atomic E-state index is 12.3. The monoisotopic (exact) mass is 291 g/mol. The highest BCUT2D eigenvalue weighted by Gasteiger charge is 2.22. The van der Waals surface area contributed by atoms with Crippen molar-refractivity contribution in [3.8, 4) is 0 Å². The van der Waals surface area contributed by atoms with Crippen molar-refractivity contribution in [3.63, 3.8) is 0 Å². The van der Waals surface area contributed by atoms with Gasteiger partial charge in [-0.1, -0.05) is 30.3 Å². The SMILES string of the molecule is CCN(CC(=O)NC(C)C)C(=O)C(N)Cc1ccccc1. The number of nitrogens with two attached hydrogens (primary N) is 1. The number of carbonyl (C=O) groups excluding carboxylic acids is 2. The second kappa shape index (κ2) is 8.42. The first-order valence-electron chi connectivity index (χ1n) is 7.31. The lowest BCUT2D eigenvalue weighted by Gasteiger charge is -2.24. The molecule has 0 bridgehead atoms. The van der Waals surface area contributed by atoms with Gasteiger partial charge in [-0.15, -0.1) is 0 Å². The van der Waals surface area contributed by atoms with Gasteiger partial charge in [-0.3, -0.25) is 9.59 Å². The van der Waals surface area contributed by atoms with E-state index in [0.717, 1.165) is 5.56 Å². The predicted octanol–water partition coefficient (Wildman–Crippen LogP) is 0.930. The van der Waals surface area contributed by atoms with Gasteiger partial charge in [0.25, 0.3) is 0 Å². The number of benzene rings is 1. The van der Waals surface area contributed by atoms with E-state index in [0.29, 0.717) is 13.0 Å². The van der Waals surface area contributed by atoms with Crippen molar-refractivity contribution in [2.75, 3.05) is 13.1 Å². The molecule has 116 valence electrons. The Morgan fingerprint density at radius 2 is 1.86 bits per heavy atom. The molecule has 1 atom stereocenters. The van der Waals surface area contributed by atoms with Crippen LogP contribution in [0, 0.1) is 0 Å². The summed E-state index contributed by atoms with van der Waals surface area (Å²) in [6.45, 7) is 6.13.